The highest BCUT2D eigenvalue weighted by Crippen LogP contribution is 2.36. The van der Waals surface area contributed by atoms with Crippen molar-refractivity contribution in [3.63, 3.8) is 0 Å². The predicted molar refractivity (Wildman–Crippen MR) is 46.9 cm³/mol. The molecule has 0 spiro atoms. The van der Waals surface area contributed by atoms with Crippen LogP contribution in [0.4, 0.5) is 26.3 Å². The number of alkyl halides is 6. The van der Waals surface area contributed by atoms with Crippen LogP contribution in [0, 0.1) is 0 Å². The van der Waals surface area contributed by atoms with Crippen molar-refractivity contribution >= 4 is 20.0 Å². The average Bonchev–Trinajstić information content (AvgIpc) is 1.96. The predicted octanol–water partition coefficient (Wildman–Crippen LogP) is 1.40. The molecule has 0 aliphatic rings. The molecule has 110 valence electrons. The largest absolute Gasteiger partial charge is 0.512 e. The summed E-state index contributed by atoms with van der Waals surface area (Å²) in [5.41, 5.74) is -12.3. The van der Waals surface area contributed by atoms with Gasteiger partial charge in [-0.05, 0) is 13.8 Å². The molecule has 0 bridgehead atoms. The Hall–Kier alpha value is -0.560. The van der Waals surface area contributed by atoms with Gasteiger partial charge in [0.05, 0.1) is 0 Å². The summed E-state index contributed by atoms with van der Waals surface area (Å²) in [5.74, 6) is 0. The monoisotopic (exact) mass is 323 g/mol. The zero-order chi connectivity index (χ0) is 15.2. The molecule has 0 atom stereocenters. The van der Waals surface area contributed by atoms with E-state index in [2.05, 4.69) is 0 Å². The molecule has 0 amide bonds. The standard InChI is InChI=1S/C5H7F6NO4S2/c1-3(2)12(17(13,14)4(6,7)8)18(15,16)5(9,10)11/h3H,1-2H3. The Morgan fingerprint density at radius 1 is 0.778 bits per heavy atom. The third kappa shape index (κ3) is 2.88. The van der Waals surface area contributed by atoms with Gasteiger partial charge in [0, 0.05) is 6.04 Å². The summed E-state index contributed by atoms with van der Waals surface area (Å²) in [5, 5.41) is 0. The molecule has 18 heavy (non-hydrogen) atoms. The molecule has 0 aromatic heterocycles. The van der Waals surface area contributed by atoms with E-state index >= 15 is 0 Å². The van der Waals surface area contributed by atoms with E-state index < -0.39 is 40.8 Å². The molecule has 0 aliphatic carbocycles. The normalized spacial score (nSPS) is 15.4. The van der Waals surface area contributed by atoms with Gasteiger partial charge in [-0.3, -0.25) is 0 Å². The van der Waals surface area contributed by atoms with Gasteiger partial charge in [0.15, 0.2) is 0 Å². The van der Waals surface area contributed by atoms with Crippen molar-refractivity contribution in [1.82, 2.24) is 3.71 Å². The van der Waals surface area contributed by atoms with Crippen molar-refractivity contribution in [2.45, 2.75) is 30.9 Å². The summed E-state index contributed by atoms with van der Waals surface area (Å²) in [6.07, 6.45) is 0. The zero-order valence-electron chi connectivity index (χ0n) is 8.74. The SMILES string of the molecule is CC(C)N(S(=O)(=O)C(F)(F)F)S(=O)(=O)C(F)(F)F. The minimum atomic E-state index is -6.65. The second-order valence-corrected chi connectivity index (χ2v) is 7.06. The highest BCUT2D eigenvalue weighted by Gasteiger charge is 2.62. The van der Waals surface area contributed by atoms with Gasteiger partial charge < -0.3 is 0 Å². The molecule has 5 nitrogen and oxygen atoms in total. The van der Waals surface area contributed by atoms with Gasteiger partial charge in [-0.15, -0.1) is 0 Å². The number of sulfonamides is 2. The summed E-state index contributed by atoms with van der Waals surface area (Å²) in [7, 11) is -13.3. The van der Waals surface area contributed by atoms with Crippen molar-refractivity contribution in [2.24, 2.45) is 0 Å². The van der Waals surface area contributed by atoms with Crippen LogP contribution in [-0.2, 0) is 20.0 Å². The molecule has 0 aromatic rings. The quantitative estimate of drug-likeness (QED) is 0.736. The molecule has 0 aromatic carbocycles. The van der Waals surface area contributed by atoms with Crippen molar-refractivity contribution in [2.75, 3.05) is 0 Å². The van der Waals surface area contributed by atoms with Crippen LogP contribution in [0.5, 0.6) is 0 Å². The minimum absolute atomic E-state index is 0.562. The number of halogens is 6. The molecule has 0 radical (unpaired) electrons. The van der Waals surface area contributed by atoms with Crippen LogP contribution in [0.2, 0.25) is 0 Å². The van der Waals surface area contributed by atoms with Crippen LogP contribution >= 0.6 is 0 Å². The van der Waals surface area contributed by atoms with E-state index in [1.807, 2.05) is 0 Å². The molecular formula is C5H7F6NO4S2. The first-order chi connectivity index (χ1) is 7.57. The second-order valence-electron chi connectivity index (χ2n) is 3.22. The molecule has 0 heterocycles. The van der Waals surface area contributed by atoms with E-state index in [4.69, 9.17) is 0 Å². The van der Waals surface area contributed by atoms with Gasteiger partial charge >= 0.3 is 31.1 Å². The Bertz CT molecular complexity index is 457. The van der Waals surface area contributed by atoms with Gasteiger partial charge in [-0.1, -0.05) is 3.71 Å². The molecule has 0 N–H and O–H groups in total. The summed E-state index contributed by atoms with van der Waals surface area (Å²) in [4.78, 5) is 0. The van der Waals surface area contributed by atoms with Crippen molar-refractivity contribution in [3.8, 4) is 0 Å². The Kier molecular flexibility index (Phi) is 4.38. The zero-order valence-corrected chi connectivity index (χ0v) is 10.4. The Balaban J connectivity index is 6.14. The van der Waals surface area contributed by atoms with Gasteiger partial charge in [0.1, 0.15) is 0 Å². The number of hydrogen-bond donors (Lipinski definition) is 0. The van der Waals surface area contributed by atoms with E-state index in [1.54, 1.807) is 0 Å². The van der Waals surface area contributed by atoms with Crippen LogP contribution in [0.1, 0.15) is 13.8 Å². The van der Waals surface area contributed by atoms with E-state index in [0.717, 1.165) is 0 Å². The third-order valence-corrected chi connectivity index (χ3v) is 5.62. The maximum Gasteiger partial charge on any atom is 0.512 e. The first kappa shape index (κ1) is 17.4. The summed E-state index contributed by atoms with van der Waals surface area (Å²) >= 11 is 0. The lowest BCUT2D eigenvalue weighted by molar-refractivity contribution is -0.0540. The Labute approximate surface area is 98.5 Å². The number of rotatable bonds is 3. The second kappa shape index (κ2) is 4.52. The summed E-state index contributed by atoms with van der Waals surface area (Å²) < 4.78 is 114. The van der Waals surface area contributed by atoms with Gasteiger partial charge in [0.25, 0.3) is 0 Å². The summed E-state index contributed by atoms with van der Waals surface area (Å²) in [6, 6.07) is -2.08. The van der Waals surface area contributed by atoms with Crippen LogP contribution in [0.15, 0.2) is 0 Å². The highest BCUT2D eigenvalue weighted by molar-refractivity contribution is 8.04. The molecule has 0 saturated carbocycles. The smallest absolute Gasteiger partial charge is 0.202 e. The van der Waals surface area contributed by atoms with E-state index in [1.165, 1.54) is 0 Å². The van der Waals surface area contributed by atoms with Crippen molar-refractivity contribution < 1.29 is 43.2 Å². The van der Waals surface area contributed by atoms with E-state index in [9.17, 15) is 43.2 Å². The molecule has 0 unspecified atom stereocenters. The molecule has 0 saturated heterocycles. The maximum absolute atomic E-state index is 12.1. The topological polar surface area (TPSA) is 71.5 Å². The fourth-order valence-corrected chi connectivity index (χ4v) is 3.95. The minimum Gasteiger partial charge on any atom is -0.202 e. The van der Waals surface area contributed by atoms with Crippen LogP contribution in [-0.4, -0.2) is 37.6 Å². The van der Waals surface area contributed by atoms with Crippen LogP contribution in [0.3, 0.4) is 0 Å². The van der Waals surface area contributed by atoms with Crippen molar-refractivity contribution in [1.29, 1.82) is 0 Å². The molecule has 0 fully saturated rings. The molecule has 0 rings (SSSR count). The van der Waals surface area contributed by atoms with Gasteiger partial charge in [-0.2, -0.15) is 26.3 Å². The van der Waals surface area contributed by atoms with Crippen molar-refractivity contribution in [3.05, 3.63) is 0 Å². The lowest BCUT2D eigenvalue weighted by Crippen LogP contribution is -2.52. The fraction of sp³-hybridized carbons (Fsp3) is 1.00. The lowest BCUT2D eigenvalue weighted by atomic mass is 10.4. The van der Waals surface area contributed by atoms with Crippen LogP contribution < -0.4 is 0 Å². The summed E-state index contributed by atoms with van der Waals surface area (Å²) in [6.45, 7) is 1.12. The Morgan fingerprint density at radius 3 is 1.11 bits per heavy atom. The third-order valence-electron chi connectivity index (χ3n) is 1.48. The van der Waals surface area contributed by atoms with Gasteiger partial charge in [-0.25, -0.2) is 16.8 Å². The lowest BCUT2D eigenvalue weighted by Gasteiger charge is -2.26. The highest BCUT2D eigenvalue weighted by atomic mass is 32.3. The average molecular weight is 323 g/mol. The first-order valence-electron chi connectivity index (χ1n) is 3.99. The molecule has 13 heteroatoms. The molecular weight excluding hydrogens is 316 g/mol. The van der Waals surface area contributed by atoms with E-state index in [0.29, 0.717) is 13.8 Å². The maximum atomic E-state index is 12.1. The van der Waals surface area contributed by atoms with Crippen LogP contribution in [0.25, 0.3) is 0 Å². The number of nitrogens with zero attached hydrogens (tertiary/aromatic N) is 1. The number of hydrogen-bond acceptors (Lipinski definition) is 4. The first-order valence-corrected chi connectivity index (χ1v) is 6.87. The van der Waals surface area contributed by atoms with Gasteiger partial charge in [0.2, 0.25) is 0 Å². The molecule has 0 aliphatic heterocycles. The van der Waals surface area contributed by atoms with E-state index in [-0.39, 0.29) is 0 Å². The Morgan fingerprint density at radius 2 is 1.00 bits per heavy atom. The fourth-order valence-electron chi connectivity index (χ4n) is 0.888.